The van der Waals surface area contributed by atoms with Crippen molar-refractivity contribution in [3.8, 4) is 0 Å². The third-order valence-corrected chi connectivity index (χ3v) is 13.1. The van der Waals surface area contributed by atoms with Crippen molar-refractivity contribution in [1.82, 2.24) is 0 Å². The van der Waals surface area contributed by atoms with Gasteiger partial charge >= 0.3 is 17.9 Å². The summed E-state index contributed by atoms with van der Waals surface area (Å²) in [7, 11) is 0. The third-order valence-electron chi connectivity index (χ3n) is 13.1. The molecule has 0 bridgehead atoms. The highest BCUT2D eigenvalue weighted by Crippen LogP contribution is 2.16. The number of carbonyl (C=O) groups excluding carboxylic acids is 3. The zero-order valence-electron chi connectivity index (χ0n) is 47.4. The first-order valence-electron chi connectivity index (χ1n) is 30.6. The van der Waals surface area contributed by atoms with E-state index >= 15 is 0 Å². The van der Waals surface area contributed by atoms with Gasteiger partial charge in [0.1, 0.15) is 13.2 Å². The number of rotatable bonds is 55. The minimum atomic E-state index is -0.813. The quantitative estimate of drug-likeness (QED) is 0.0261. The Kier molecular flexibility index (Phi) is 57.3. The van der Waals surface area contributed by atoms with Crippen molar-refractivity contribution in [2.45, 2.75) is 303 Å². The predicted octanol–water partition coefficient (Wildman–Crippen LogP) is 20.7. The van der Waals surface area contributed by atoms with E-state index in [0.29, 0.717) is 19.3 Å². The topological polar surface area (TPSA) is 78.9 Å². The van der Waals surface area contributed by atoms with Crippen molar-refractivity contribution < 1.29 is 28.6 Å². The second-order valence-corrected chi connectivity index (χ2v) is 20.2. The molecule has 0 fully saturated rings. The van der Waals surface area contributed by atoms with Crippen LogP contribution >= 0.6 is 0 Å². The Labute approximate surface area is 445 Å². The largest absolute Gasteiger partial charge is 0.462 e. The van der Waals surface area contributed by atoms with Gasteiger partial charge < -0.3 is 14.2 Å². The molecule has 0 heterocycles. The van der Waals surface area contributed by atoms with Gasteiger partial charge in [0.15, 0.2) is 6.10 Å². The van der Waals surface area contributed by atoms with Crippen LogP contribution in [0.4, 0.5) is 0 Å². The van der Waals surface area contributed by atoms with Gasteiger partial charge in [0.2, 0.25) is 0 Å². The van der Waals surface area contributed by atoms with Gasteiger partial charge in [-0.1, -0.05) is 260 Å². The van der Waals surface area contributed by atoms with E-state index in [-0.39, 0.29) is 37.5 Å². The van der Waals surface area contributed by atoms with Gasteiger partial charge in [-0.2, -0.15) is 0 Å². The zero-order chi connectivity index (χ0) is 52.2. The van der Waals surface area contributed by atoms with Crippen molar-refractivity contribution in [2.75, 3.05) is 13.2 Å². The predicted molar refractivity (Wildman–Crippen MR) is 311 cm³/mol. The highest BCUT2D eigenvalue weighted by Gasteiger charge is 2.19. The molecule has 0 aromatic rings. The summed E-state index contributed by atoms with van der Waals surface area (Å²) in [5.41, 5.74) is 0. The van der Waals surface area contributed by atoms with E-state index in [1.54, 1.807) is 0 Å². The minimum Gasteiger partial charge on any atom is -0.462 e. The molecule has 0 radical (unpaired) electrons. The Hall–Kier alpha value is -3.41. The molecule has 0 aromatic carbocycles. The van der Waals surface area contributed by atoms with Crippen LogP contribution in [0, 0.1) is 0 Å². The maximum absolute atomic E-state index is 12.9. The van der Waals surface area contributed by atoms with E-state index in [1.807, 2.05) is 6.08 Å². The van der Waals surface area contributed by atoms with Gasteiger partial charge in [-0.3, -0.25) is 14.4 Å². The van der Waals surface area contributed by atoms with Crippen molar-refractivity contribution >= 4 is 17.9 Å². The Morgan fingerprint density at radius 3 is 0.958 bits per heavy atom. The fourth-order valence-electron chi connectivity index (χ4n) is 8.54. The summed E-state index contributed by atoms with van der Waals surface area (Å²) in [6.45, 7) is 6.45. The molecule has 1 atom stereocenters. The van der Waals surface area contributed by atoms with Crippen molar-refractivity contribution in [3.63, 3.8) is 0 Å². The highest BCUT2D eigenvalue weighted by atomic mass is 16.6. The molecule has 0 rings (SSSR count). The van der Waals surface area contributed by atoms with Crippen molar-refractivity contribution in [2.24, 2.45) is 0 Å². The molecular formula is C66H114O6. The van der Waals surface area contributed by atoms with E-state index in [2.05, 4.69) is 99.8 Å². The lowest BCUT2D eigenvalue weighted by Gasteiger charge is -2.18. The molecular weight excluding hydrogens is 889 g/mol. The molecule has 0 saturated carbocycles. The Morgan fingerprint density at radius 1 is 0.292 bits per heavy atom. The first-order chi connectivity index (χ1) is 35.5. The van der Waals surface area contributed by atoms with Crippen LogP contribution in [-0.4, -0.2) is 37.2 Å². The first kappa shape index (κ1) is 68.6. The van der Waals surface area contributed by atoms with Crippen LogP contribution in [-0.2, 0) is 28.6 Å². The second kappa shape index (κ2) is 60.1. The normalized spacial score (nSPS) is 12.7. The molecule has 0 amide bonds. The number of allylic oxidation sites excluding steroid dienone is 14. The molecule has 0 aromatic heterocycles. The summed E-state index contributed by atoms with van der Waals surface area (Å²) >= 11 is 0. The Bertz CT molecular complexity index is 1380. The number of hydrogen-bond donors (Lipinski definition) is 0. The fourth-order valence-corrected chi connectivity index (χ4v) is 8.54. The van der Waals surface area contributed by atoms with E-state index < -0.39 is 6.10 Å². The molecule has 0 N–H and O–H groups in total. The summed E-state index contributed by atoms with van der Waals surface area (Å²) < 4.78 is 16.8. The zero-order valence-corrected chi connectivity index (χ0v) is 47.4. The SMILES string of the molecule is CC/C=C\C/C=C\C/C=C\C/C=C\CCC(=O)OCC(COC(=O)CCCCCCCCCCCCCCC/C=C\CCCCCCCCCC)OC(=O)CCCCCCC/C=C\C/C=C\CCCCCC. The monoisotopic (exact) mass is 1000 g/mol. The van der Waals surface area contributed by atoms with Gasteiger partial charge in [0.25, 0.3) is 0 Å². The van der Waals surface area contributed by atoms with Crippen LogP contribution in [0.1, 0.15) is 297 Å². The lowest BCUT2D eigenvalue weighted by atomic mass is 10.0. The van der Waals surface area contributed by atoms with Crippen LogP contribution in [0.15, 0.2) is 85.1 Å². The van der Waals surface area contributed by atoms with Crippen LogP contribution < -0.4 is 0 Å². The molecule has 0 saturated heterocycles. The van der Waals surface area contributed by atoms with E-state index in [0.717, 1.165) is 89.9 Å². The number of esters is 3. The lowest BCUT2D eigenvalue weighted by Crippen LogP contribution is -2.30. The molecule has 0 spiro atoms. The van der Waals surface area contributed by atoms with Crippen LogP contribution in [0.3, 0.4) is 0 Å². The summed E-state index contributed by atoms with van der Waals surface area (Å²) in [5, 5.41) is 0. The van der Waals surface area contributed by atoms with Crippen LogP contribution in [0.2, 0.25) is 0 Å². The summed E-state index contributed by atoms with van der Waals surface area (Å²) in [5.74, 6) is -0.995. The average Bonchev–Trinajstić information content (AvgIpc) is 3.38. The molecule has 0 aliphatic carbocycles. The molecule has 6 nitrogen and oxygen atoms in total. The van der Waals surface area contributed by atoms with Crippen molar-refractivity contribution in [1.29, 1.82) is 0 Å². The van der Waals surface area contributed by atoms with Gasteiger partial charge in [-0.05, 0) is 103 Å². The van der Waals surface area contributed by atoms with Crippen molar-refractivity contribution in [3.05, 3.63) is 85.1 Å². The van der Waals surface area contributed by atoms with Gasteiger partial charge in [0.05, 0.1) is 0 Å². The lowest BCUT2D eigenvalue weighted by molar-refractivity contribution is -0.166. The second-order valence-electron chi connectivity index (χ2n) is 20.2. The minimum absolute atomic E-state index is 0.103. The first-order valence-corrected chi connectivity index (χ1v) is 30.6. The number of hydrogen-bond acceptors (Lipinski definition) is 6. The van der Waals surface area contributed by atoms with Gasteiger partial charge in [-0.15, -0.1) is 0 Å². The van der Waals surface area contributed by atoms with E-state index in [9.17, 15) is 14.4 Å². The van der Waals surface area contributed by atoms with E-state index in [1.165, 1.54) is 161 Å². The molecule has 72 heavy (non-hydrogen) atoms. The standard InChI is InChI=1S/C66H114O6/c1-4-7-10-13-16-19-22-25-27-29-30-31-32-33-34-35-36-37-39-41-44-47-50-53-56-59-65(68)71-62-63(61-70-64(67)58-55-52-49-46-43-40-24-21-18-15-12-9-6-3)72-66(69)60-57-54-51-48-45-42-38-28-26-23-20-17-14-11-8-5-2/h9,12,18,20-21,23,28-30,38,40,43,49,52,63H,4-8,10-11,13-17,19,22,24-27,31-37,39,41-42,44-48,50-51,53-62H2,1-3H3/b12-9-,21-18-,23-20-,30-29-,38-28-,43-40-,52-49-. The highest BCUT2D eigenvalue weighted by molar-refractivity contribution is 5.71. The molecule has 414 valence electrons. The van der Waals surface area contributed by atoms with Gasteiger partial charge in [0, 0.05) is 19.3 Å². The number of unbranched alkanes of at least 4 members (excludes halogenated alkanes) is 30. The maximum Gasteiger partial charge on any atom is 0.306 e. The number of ether oxygens (including phenoxy) is 3. The average molecular weight is 1000 g/mol. The van der Waals surface area contributed by atoms with Crippen LogP contribution in [0.25, 0.3) is 0 Å². The maximum atomic E-state index is 12.9. The molecule has 0 aliphatic heterocycles. The Balaban J connectivity index is 4.33. The molecule has 6 heteroatoms. The Morgan fingerprint density at radius 2 is 0.569 bits per heavy atom. The summed E-state index contributed by atoms with van der Waals surface area (Å²) in [6.07, 6.45) is 78.9. The summed E-state index contributed by atoms with van der Waals surface area (Å²) in [6, 6.07) is 0. The van der Waals surface area contributed by atoms with Gasteiger partial charge in [-0.25, -0.2) is 0 Å². The number of carbonyl (C=O) groups is 3. The smallest absolute Gasteiger partial charge is 0.306 e. The molecule has 0 aliphatic rings. The fraction of sp³-hybridized carbons (Fsp3) is 0.742. The van der Waals surface area contributed by atoms with Crippen LogP contribution in [0.5, 0.6) is 0 Å². The third kappa shape index (κ3) is 57.5. The summed E-state index contributed by atoms with van der Waals surface area (Å²) in [4.78, 5) is 38.1. The molecule has 1 unspecified atom stereocenters. The van der Waals surface area contributed by atoms with E-state index in [4.69, 9.17) is 14.2 Å².